The molecule has 1 saturated heterocycles. The smallest absolute Gasteiger partial charge is 0.240 e. The van der Waals surface area contributed by atoms with Gasteiger partial charge in [0.25, 0.3) is 0 Å². The third kappa shape index (κ3) is 5.98. The average molecular weight is 447 g/mol. The zero-order valence-corrected chi connectivity index (χ0v) is 19.1. The van der Waals surface area contributed by atoms with E-state index >= 15 is 0 Å². The maximum Gasteiger partial charge on any atom is 0.240 e. The molecule has 3 rings (SSSR count). The molecule has 1 aliphatic heterocycles. The number of aryl methyl sites for hydroxylation is 2. The third-order valence-electron chi connectivity index (χ3n) is 5.58. The van der Waals surface area contributed by atoms with Gasteiger partial charge in [0, 0.05) is 25.6 Å². The number of ether oxygens (including phenoxy) is 2. The van der Waals surface area contributed by atoms with Crippen LogP contribution < -0.4 is 14.2 Å². The molecule has 0 aliphatic carbocycles. The number of likely N-dealkylation sites (tertiary alicyclic amines) is 1. The lowest BCUT2D eigenvalue weighted by Gasteiger charge is -2.32. The van der Waals surface area contributed by atoms with Gasteiger partial charge in [-0.15, -0.1) is 0 Å². The van der Waals surface area contributed by atoms with E-state index < -0.39 is 10.0 Å². The van der Waals surface area contributed by atoms with Crippen LogP contribution in [0.25, 0.3) is 0 Å². The summed E-state index contributed by atoms with van der Waals surface area (Å²) in [4.78, 5) is 14.7. The van der Waals surface area contributed by atoms with Crippen LogP contribution in [-0.2, 0) is 21.2 Å². The summed E-state index contributed by atoms with van der Waals surface area (Å²) in [6.07, 6.45) is 2.22. The average Bonchev–Trinajstić information content (AvgIpc) is 2.77. The van der Waals surface area contributed by atoms with Crippen LogP contribution >= 0.6 is 0 Å². The molecule has 2 aromatic carbocycles. The van der Waals surface area contributed by atoms with Crippen molar-refractivity contribution in [2.75, 3.05) is 27.3 Å². The summed E-state index contributed by atoms with van der Waals surface area (Å²) in [7, 11) is -0.372. The molecule has 1 heterocycles. The Labute approximate surface area is 184 Å². The quantitative estimate of drug-likeness (QED) is 0.674. The number of rotatable bonds is 8. The Kier molecular flexibility index (Phi) is 7.56. The highest BCUT2D eigenvalue weighted by molar-refractivity contribution is 7.89. The maximum atomic E-state index is 12.6. The molecule has 0 spiro atoms. The Hall–Kier alpha value is -2.58. The van der Waals surface area contributed by atoms with E-state index in [9.17, 15) is 13.2 Å². The maximum absolute atomic E-state index is 12.6. The molecule has 0 bridgehead atoms. The minimum atomic E-state index is -3.55. The number of benzene rings is 2. The van der Waals surface area contributed by atoms with Gasteiger partial charge in [0.1, 0.15) is 0 Å². The van der Waals surface area contributed by atoms with Gasteiger partial charge >= 0.3 is 0 Å². The molecule has 7 nitrogen and oxygen atoms in total. The van der Waals surface area contributed by atoms with Crippen molar-refractivity contribution >= 4 is 15.9 Å². The molecule has 1 N–H and O–H groups in total. The molecule has 2 aromatic rings. The van der Waals surface area contributed by atoms with E-state index in [0.29, 0.717) is 50.3 Å². The number of methoxy groups -OCH3 is 2. The van der Waals surface area contributed by atoms with Crippen molar-refractivity contribution < 1.29 is 22.7 Å². The van der Waals surface area contributed by atoms with E-state index in [0.717, 1.165) is 11.1 Å². The first-order chi connectivity index (χ1) is 14.8. The Balaban J connectivity index is 1.49. The van der Waals surface area contributed by atoms with Crippen LogP contribution in [0, 0.1) is 6.92 Å². The van der Waals surface area contributed by atoms with Gasteiger partial charge in [0.05, 0.1) is 19.1 Å². The van der Waals surface area contributed by atoms with E-state index in [1.807, 2.05) is 30.0 Å². The van der Waals surface area contributed by atoms with Crippen molar-refractivity contribution in [1.29, 1.82) is 0 Å². The topological polar surface area (TPSA) is 84.9 Å². The third-order valence-corrected chi connectivity index (χ3v) is 7.11. The number of piperidine rings is 1. The molecule has 168 valence electrons. The highest BCUT2D eigenvalue weighted by atomic mass is 32.2. The van der Waals surface area contributed by atoms with E-state index in [-0.39, 0.29) is 16.8 Å². The van der Waals surface area contributed by atoms with Crippen LogP contribution in [-0.4, -0.2) is 52.6 Å². The number of hydrogen-bond donors (Lipinski definition) is 1. The van der Waals surface area contributed by atoms with Crippen LogP contribution in [0.4, 0.5) is 0 Å². The molecule has 0 radical (unpaired) electrons. The Morgan fingerprint density at radius 3 is 2.29 bits per heavy atom. The minimum Gasteiger partial charge on any atom is -0.493 e. The predicted molar refractivity (Wildman–Crippen MR) is 119 cm³/mol. The number of carbonyl (C=O) groups excluding carboxylic acids is 1. The lowest BCUT2D eigenvalue weighted by molar-refractivity contribution is -0.132. The molecule has 0 atom stereocenters. The number of amides is 1. The van der Waals surface area contributed by atoms with Crippen molar-refractivity contribution in [1.82, 2.24) is 9.62 Å². The lowest BCUT2D eigenvalue weighted by Crippen LogP contribution is -2.46. The first kappa shape index (κ1) is 23.1. The van der Waals surface area contributed by atoms with Gasteiger partial charge in [-0.05, 0) is 56.0 Å². The van der Waals surface area contributed by atoms with Crippen molar-refractivity contribution in [2.45, 2.75) is 43.5 Å². The van der Waals surface area contributed by atoms with Gasteiger partial charge in [-0.2, -0.15) is 0 Å². The molecule has 8 heteroatoms. The molecule has 31 heavy (non-hydrogen) atoms. The van der Waals surface area contributed by atoms with Crippen molar-refractivity contribution in [3.05, 3.63) is 53.6 Å². The molecule has 1 aliphatic rings. The second-order valence-electron chi connectivity index (χ2n) is 7.78. The molecular formula is C23H30N2O5S. The monoisotopic (exact) mass is 446 g/mol. The van der Waals surface area contributed by atoms with Gasteiger partial charge in [0.2, 0.25) is 15.9 Å². The number of carbonyl (C=O) groups is 1. The molecular weight excluding hydrogens is 416 g/mol. The summed E-state index contributed by atoms with van der Waals surface area (Å²) in [5.41, 5.74) is 2.02. The summed E-state index contributed by atoms with van der Waals surface area (Å²) in [6.45, 7) is 3.01. The second-order valence-corrected chi connectivity index (χ2v) is 9.49. The summed E-state index contributed by atoms with van der Waals surface area (Å²) < 4.78 is 38.5. The summed E-state index contributed by atoms with van der Waals surface area (Å²) in [5.74, 6) is 1.39. The minimum absolute atomic E-state index is 0.0784. The molecule has 1 fully saturated rings. The Morgan fingerprint density at radius 1 is 1.03 bits per heavy atom. The lowest BCUT2D eigenvalue weighted by atomic mass is 10.0. The highest BCUT2D eigenvalue weighted by Crippen LogP contribution is 2.28. The first-order valence-electron chi connectivity index (χ1n) is 10.4. The highest BCUT2D eigenvalue weighted by Gasteiger charge is 2.26. The van der Waals surface area contributed by atoms with Gasteiger partial charge in [-0.1, -0.05) is 23.8 Å². The zero-order chi connectivity index (χ0) is 22.4. The van der Waals surface area contributed by atoms with E-state index in [1.165, 1.54) is 0 Å². The molecule has 0 aromatic heterocycles. The Bertz CT molecular complexity index is 997. The number of hydrogen-bond acceptors (Lipinski definition) is 5. The normalized spacial score (nSPS) is 15.0. The first-order valence-corrected chi connectivity index (χ1v) is 11.9. The van der Waals surface area contributed by atoms with Crippen LogP contribution in [0.5, 0.6) is 11.5 Å². The second kappa shape index (κ2) is 10.2. The van der Waals surface area contributed by atoms with E-state index in [2.05, 4.69) is 4.72 Å². The summed E-state index contributed by atoms with van der Waals surface area (Å²) in [6, 6.07) is 12.3. The number of sulfonamides is 1. The predicted octanol–water partition coefficient (Wildman–Crippen LogP) is 2.91. The summed E-state index contributed by atoms with van der Waals surface area (Å²) >= 11 is 0. The number of nitrogens with zero attached hydrogens (tertiary/aromatic N) is 1. The van der Waals surface area contributed by atoms with Crippen molar-refractivity contribution in [3.63, 3.8) is 0 Å². The van der Waals surface area contributed by atoms with E-state index in [1.54, 1.807) is 38.5 Å². The van der Waals surface area contributed by atoms with Gasteiger partial charge < -0.3 is 14.4 Å². The number of nitrogens with one attached hydrogen (secondary N) is 1. The zero-order valence-electron chi connectivity index (χ0n) is 18.3. The van der Waals surface area contributed by atoms with Crippen LogP contribution in [0.15, 0.2) is 47.4 Å². The molecule has 1 amide bonds. The van der Waals surface area contributed by atoms with Crippen molar-refractivity contribution in [3.8, 4) is 11.5 Å². The van der Waals surface area contributed by atoms with E-state index in [4.69, 9.17) is 9.47 Å². The van der Waals surface area contributed by atoms with Gasteiger partial charge in [-0.25, -0.2) is 13.1 Å². The van der Waals surface area contributed by atoms with Gasteiger partial charge in [0.15, 0.2) is 11.5 Å². The fourth-order valence-electron chi connectivity index (χ4n) is 3.70. The standard InChI is InChI=1S/C23H30N2O5S/c1-17-4-8-20(9-5-17)31(27,28)24-19-12-14-25(15-13-19)23(26)11-7-18-6-10-21(29-2)22(16-18)30-3/h4-6,8-10,16,19,24H,7,11-15H2,1-3H3. The SMILES string of the molecule is COc1ccc(CCC(=O)N2CCC(NS(=O)(=O)c3ccc(C)cc3)CC2)cc1OC. The fraction of sp³-hybridized carbons (Fsp3) is 0.435. The Morgan fingerprint density at radius 2 is 1.68 bits per heavy atom. The van der Waals surface area contributed by atoms with Gasteiger partial charge in [-0.3, -0.25) is 4.79 Å². The van der Waals surface area contributed by atoms with Crippen LogP contribution in [0.1, 0.15) is 30.4 Å². The van der Waals surface area contributed by atoms with Crippen molar-refractivity contribution in [2.24, 2.45) is 0 Å². The largest absolute Gasteiger partial charge is 0.493 e. The van der Waals surface area contributed by atoms with Crippen LogP contribution in [0.3, 0.4) is 0 Å². The molecule has 0 saturated carbocycles. The summed E-state index contributed by atoms with van der Waals surface area (Å²) in [5, 5.41) is 0. The fourth-order valence-corrected chi connectivity index (χ4v) is 5.00. The van der Waals surface area contributed by atoms with Crippen LogP contribution in [0.2, 0.25) is 0 Å². The molecule has 0 unspecified atom stereocenters.